The maximum atomic E-state index is 13.1. The van der Waals surface area contributed by atoms with Gasteiger partial charge in [-0.05, 0) is 25.5 Å². The first-order valence-corrected chi connectivity index (χ1v) is 10.7. The van der Waals surface area contributed by atoms with E-state index in [0.717, 1.165) is 67.4 Å². The van der Waals surface area contributed by atoms with E-state index in [1.807, 2.05) is 24.3 Å². The maximum absolute atomic E-state index is 13.1. The third kappa shape index (κ3) is 4.42. The third-order valence-corrected chi connectivity index (χ3v) is 6.08. The van der Waals surface area contributed by atoms with E-state index in [2.05, 4.69) is 17.1 Å². The number of para-hydroxylation sites is 1. The molecule has 1 N–H and O–H groups in total. The van der Waals surface area contributed by atoms with Crippen LogP contribution in [0.15, 0.2) is 24.3 Å². The summed E-state index contributed by atoms with van der Waals surface area (Å²) in [5.41, 5.74) is 3.27. The Balaban J connectivity index is 1.54. The van der Waals surface area contributed by atoms with Crippen molar-refractivity contribution in [3.8, 4) is 0 Å². The van der Waals surface area contributed by atoms with Crippen LogP contribution in [0.4, 0.5) is 0 Å². The average molecular weight is 396 g/mol. The molecule has 154 valence electrons. The molecule has 29 heavy (non-hydrogen) atoms. The molecule has 1 aromatic heterocycles. The van der Waals surface area contributed by atoms with E-state index >= 15 is 0 Å². The van der Waals surface area contributed by atoms with Crippen LogP contribution in [0, 0.1) is 0 Å². The first kappa shape index (κ1) is 19.8. The lowest BCUT2D eigenvalue weighted by molar-refractivity contribution is -0.125. The van der Waals surface area contributed by atoms with Gasteiger partial charge in [-0.25, -0.2) is 4.79 Å². The minimum atomic E-state index is -0.434. The predicted octanol–water partition coefficient (Wildman–Crippen LogP) is 3.22. The van der Waals surface area contributed by atoms with E-state index in [1.165, 1.54) is 6.42 Å². The molecule has 2 aromatic rings. The molecular formula is C23H29N3O3. The fourth-order valence-corrected chi connectivity index (χ4v) is 4.47. The van der Waals surface area contributed by atoms with Crippen LogP contribution >= 0.6 is 0 Å². The number of benzene rings is 1. The predicted molar refractivity (Wildman–Crippen MR) is 112 cm³/mol. The van der Waals surface area contributed by atoms with Crippen molar-refractivity contribution in [2.24, 2.45) is 0 Å². The number of nitrogens with zero attached hydrogens (tertiary/aromatic N) is 2. The number of carbonyl (C=O) groups is 2. The normalized spacial score (nSPS) is 17.7. The quantitative estimate of drug-likeness (QED) is 0.787. The summed E-state index contributed by atoms with van der Waals surface area (Å²) < 4.78 is 5.48. The van der Waals surface area contributed by atoms with Crippen molar-refractivity contribution in [2.45, 2.75) is 58.0 Å². The molecule has 0 spiro atoms. The SMILES string of the molecule is CCN1CCc2nc3ccccc3c(C(=O)OCC(=O)NC3CCCCC3)c2C1. The van der Waals surface area contributed by atoms with E-state index < -0.39 is 5.97 Å². The van der Waals surface area contributed by atoms with Gasteiger partial charge in [-0.15, -0.1) is 0 Å². The van der Waals surface area contributed by atoms with Gasteiger partial charge in [0.1, 0.15) is 0 Å². The van der Waals surface area contributed by atoms with Crippen molar-refractivity contribution in [3.05, 3.63) is 41.1 Å². The molecule has 1 aromatic carbocycles. The number of amides is 1. The topological polar surface area (TPSA) is 71.5 Å². The van der Waals surface area contributed by atoms with E-state index in [0.29, 0.717) is 12.1 Å². The van der Waals surface area contributed by atoms with Gasteiger partial charge in [0.2, 0.25) is 0 Å². The van der Waals surface area contributed by atoms with Gasteiger partial charge >= 0.3 is 5.97 Å². The second kappa shape index (κ2) is 8.91. The highest BCUT2D eigenvalue weighted by molar-refractivity contribution is 6.05. The Morgan fingerprint density at radius 1 is 1.21 bits per heavy atom. The van der Waals surface area contributed by atoms with Gasteiger partial charge in [-0.3, -0.25) is 14.7 Å². The lowest BCUT2D eigenvalue weighted by Crippen LogP contribution is -2.39. The molecule has 0 bridgehead atoms. The molecule has 4 rings (SSSR count). The van der Waals surface area contributed by atoms with Gasteiger partial charge < -0.3 is 10.1 Å². The fraction of sp³-hybridized carbons (Fsp3) is 0.522. The number of likely N-dealkylation sites (N-methyl/N-ethyl adjacent to an activating group) is 1. The number of rotatable bonds is 5. The standard InChI is InChI=1S/C23H29N3O3/c1-2-26-13-12-20-18(14-26)22(17-10-6-7-11-19(17)25-20)23(28)29-15-21(27)24-16-8-4-3-5-9-16/h6-7,10-11,16H,2-5,8-9,12-15H2,1H3,(H,24,27). The number of hydrogen-bond acceptors (Lipinski definition) is 5. The molecule has 2 heterocycles. The number of ether oxygens (including phenoxy) is 1. The number of aromatic nitrogens is 1. The third-order valence-electron chi connectivity index (χ3n) is 6.08. The van der Waals surface area contributed by atoms with Crippen molar-refractivity contribution in [3.63, 3.8) is 0 Å². The molecule has 6 heteroatoms. The van der Waals surface area contributed by atoms with Crippen molar-refractivity contribution in [1.29, 1.82) is 0 Å². The second-order valence-electron chi connectivity index (χ2n) is 8.03. The number of carbonyl (C=O) groups excluding carboxylic acids is 2. The van der Waals surface area contributed by atoms with Gasteiger partial charge in [0.05, 0.1) is 11.1 Å². The van der Waals surface area contributed by atoms with Crippen LogP contribution in [0.3, 0.4) is 0 Å². The Kier molecular flexibility index (Phi) is 6.09. The molecule has 6 nitrogen and oxygen atoms in total. The summed E-state index contributed by atoms with van der Waals surface area (Å²) in [5.74, 6) is -0.649. The highest BCUT2D eigenvalue weighted by Crippen LogP contribution is 2.28. The molecule has 1 saturated carbocycles. The van der Waals surface area contributed by atoms with Crippen LogP contribution in [-0.4, -0.2) is 47.5 Å². The number of hydrogen-bond donors (Lipinski definition) is 1. The van der Waals surface area contributed by atoms with Crippen LogP contribution in [0.1, 0.15) is 60.6 Å². The van der Waals surface area contributed by atoms with Gasteiger partial charge in [0.15, 0.2) is 6.61 Å². The largest absolute Gasteiger partial charge is 0.452 e. The fourth-order valence-electron chi connectivity index (χ4n) is 4.47. The van der Waals surface area contributed by atoms with Gasteiger partial charge in [-0.2, -0.15) is 0 Å². The lowest BCUT2D eigenvalue weighted by atomic mass is 9.95. The van der Waals surface area contributed by atoms with Crippen molar-refractivity contribution in [1.82, 2.24) is 15.2 Å². The minimum Gasteiger partial charge on any atom is -0.452 e. The number of pyridine rings is 1. The summed E-state index contributed by atoms with van der Waals surface area (Å²) in [6.45, 7) is 4.42. The zero-order valence-corrected chi connectivity index (χ0v) is 17.1. The summed E-state index contributed by atoms with van der Waals surface area (Å²) in [6, 6.07) is 7.88. The van der Waals surface area contributed by atoms with Crippen LogP contribution < -0.4 is 5.32 Å². The second-order valence-corrected chi connectivity index (χ2v) is 8.03. The van der Waals surface area contributed by atoms with E-state index in [-0.39, 0.29) is 18.6 Å². The molecule has 1 aliphatic heterocycles. The number of nitrogens with one attached hydrogen (secondary N) is 1. The summed E-state index contributed by atoms with van der Waals surface area (Å²) in [4.78, 5) is 32.4. The zero-order chi connectivity index (χ0) is 20.2. The lowest BCUT2D eigenvalue weighted by Gasteiger charge is -2.29. The maximum Gasteiger partial charge on any atom is 0.339 e. The first-order chi connectivity index (χ1) is 14.2. The molecule has 0 unspecified atom stereocenters. The number of esters is 1. The average Bonchev–Trinajstić information content (AvgIpc) is 2.76. The summed E-state index contributed by atoms with van der Waals surface area (Å²) in [7, 11) is 0. The smallest absolute Gasteiger partial charge is 0.339 e. The highest BCUT2D eigenvalue weighted by Gasteiger charge is 2.26. The number of fused-ring (bicyclic) bond motifs is 2. The van der Waals surface area contributed by atoms with Gasteiger partial charge in [0.25, 0.3) is 5.91 Å². The van der Waals surface area contributed by atoms with Crippen LogP contribution in [0.2, 0.25) is 0 Å². The van der Waals surface area contributed by atoms with Gasteiger partial charge in [0, 0.05) is 42.2 Å². The van der Waals surface area contributed by atoms with Gasteiger partial charge in [-0.1, -0.05) is 44.4 Å². The Labute approximate surface area is 171 Å². The van der Waals surface area contributed by atoms with E-state index in [4.69, 9.17) is 9.72 Å². The molecule has 0 saturated heterocycles. The Hall–Kier alpha value is -2.47. The molecule has 1 amide bonds. The summed E-state index contributed by atoms with van der Waals surface area (Å²) in [6.07, 6.45) is 6.36. The molecular weight excluding hydrogens is 366 g/mol. The minimum absolute atomic E-state index is 0.211. The zero-order valence-electron chi connectivity index (χ0n) is 17.1. The van der Waals surface area contributed by atoms with Crippen molar-refractivity contribution in [2.75, 3.05) is 19.7 Å². The van der Waals surface area contributed by atoms with Crippen LogP contribution in [0.5, 0.6) is 0 Å². The summed E-state index contributed by atoms with van der Waals surface area (Å²) >= 11 is 0. The highest BCUT2D eigenvalue weighted by atomic mass is 16.5. The molecule has 1 fully saturated rings. The van der Waals surface area contributed by atoms with Crippen LogP contribution in [0.25, 0.3) is 10.9 Å². The van der Waals surface area contributed by atoms with E-state index in [9.17, 15) is 9.59 Å². The Morgan fingerprint density at radius 2 is 2.00 bits per heavy atom. The van der Waals surface area contributed by atoms with Crippen LogP contribution in [-0.2, 0) is 22.5 Å². The first-order valence-electron chi connectivity index (χ1n) is 10.7. The monoisotopic (exact) mass is 395 g/mol. The van der Waals surface area contributed by atoms with Crippen molar-refractivity contribution >= 4 is 22.8 Å². The molecule has 0 radical (unpaired) electrons. The molecule has 2 aliphatic rings. The van der Waals surface area contributed by atoms with E-state index in [1.54, 1.807) is 0 Å². The Morgan fingerprint density at radius 3 is 2.79 bits per heavy atom. The Bertz CT molecular complexity index is 906. The summed E-state index contributed by atoms with van der Waals surface area (Å²) in [5, 5.41) is 3.80. The van der Waals surface area contributed by atoms with Crippen molar-refractivity contribution < 1.29 is 14.3 Å². The molecule has 1 aliphatic carbocycles. The molecule has 0 atom stereocenters.